The van der Waals surface area contributed by atoms with Crippen molar-refractivity contribution in [1.29, 1.82) is 0 Å². The molecule has 1 aliphatic rings. The molecule has 2 N–H and O–H groups in total. The minimum absolute atomic E-state index is 0.194. The predicted octanol–water partition coefficient (Wildman–Crippen LogP) is 0.786. The largest absolute Gasteiger partial charge is 0.487 e. The Morgan fingerprint density at radius 3 is 2.88 bits per heavy atom. The summed E-state index contributed by atoms with van der Waals surface area (Å²) in [6, 6.07) is 2.78. The highest BCUT2D eigenvalue weighted by atomic mass is 16.5. The molecule has 0 aromatic carbocycles. The lowest BCUT2D eigenvalue weighted by atomic mass is 10.2. The van der Waals surface area contributed by atoms with E-state index in [0.29, 0.717) is 38.4 Å². The fraction of sp³-hybridized carbons (Fsp3) is 0.588. The first-order valence-electron chi connectivity index (χ1n) is 8.53. The van der Waals surface area contributed by atoms with E-state index < -0.39 is 6.04 Å². The van der Waals surface area contributed by atoms with Crippen molar-refractivity contribution in [2.24, 2.45) is 0 Å². The highest BCUT2D eigenvalue weighted by molar-refractivity contribution is 5.87. The number of amides is 3. The van der Waals surface area contributed by atoms with Crippen LogP contribution in [0, 0.1) is 0 Å². The van der Waals surface area contributed by atoms with Gasteiger partial charge in [-0.25, -0.2) is 4.79 Å². The Bertz CT molecular complexity index is 555. The zero-order valence-corrected chi connectivity index (χ0v) is 14.7. The molecule has 2 heterocycles. The van der Waals surface area contributed by atoms with Gasteiger partial charge in [0.05, 0.1) is 19.3 Å². The van der Waals surface area contributed by atoms with Gasteiger partial charge in [-0.2, -0.15) is 0 Å². The second-order valence-corrected chi connectivity index (χ2v) is 5.85. The summed E-state index contributed by atoms with van der Waals surface area (Å²) in [4.78, 5) is 30.4. The third-order valence-electron chi connectivity index (χ3n) is 3.90. The van der Waals surface area contributed by atoms with Gasteiger partial charge in [-0.05, 0) is 18.6 Å². The fourth-order valence-electron chi connectivity index (χ4n) is 2.69. The van der Waals surface area contributed by atoms with Crippen LogP contribution in [0.15, 0.2) is 24.5 Å². The number of nitrogens with zero attached hydrogens (tertiary/aromatic N) is 2. The number of rotatable bonds is 8. The SMILES string of the molecule is CCCNC(=O)N1C[C@@H](Oc2cccnc2)C[C@@H]1C(=O)NCCOC. The van der Waals surface area contributed by atoms with Gasteiger partial charge in [-0.1, -0.05) is 6.92 Å². The molecule has 1 saturated heterocycles. The molecular formula is C17H26N4O4. The number of hydrogen-bond donors (Lipinski definition) is 2. The Morgan fingerprint density at radius 1 is 1.36 bits per heavy atom. The Hall–Kier alpha value is -2.35. The first-order valence-corrected chi connectivity index (χ1v) is 8.53. The molecule has 1 fully saturated rings. The first kappa shape index (κ1) is 19.0. The molecule has 0 aliphatic carbocycles. The van der Waals surface area contributed by atoms with Crippen LogP contribution >= 0.6 is 0 Å². The number of pyridine rings is 1. The van der Waals surface area contributed by atoms with Gasteiger partial charge >= 0.3 is 6.03 Å². The van der Waals surface area contributed by atoms with E-state index in [9.17, 15) is 9.59 Å². The number of nitrogens with one attached hydrogen (secondary N) is 2. The number of likely N-dealkylation sites (tertiary alicyclic amines) is 1. The minimum Gasteiger partial charge on any atom is -0.487 e. The fourth-order valence-corrected chi connectivity index (χ4v) is 2.69. The second kappa shape index (κ2) is 9.83. The van der Waals surface area contributed by atoms with Crippen LogP contribution in [-0.2, 0) is 9.53 Å². The van der Waals surface area contributed by atoms with Gasteiger partial charge in [0.2, 0.25) is 5.91 Å². The molecule has 0 bridgehead atoms. The molecule has 3 amide bonds. The lowest BCUT2D eigenvalue weighted by molar-refractivity contribution is -0.124. The van der Waals surface area contributed by atoms with Crippen molar-refractivity contribution < 1.29 is 19.1 Å². The van der Waals surface area contributed by atoms with Gasteiger partial charge in [-0.3, -0.25) is 9.78 Å². The number of carbonyl (C=O) groups is 2. The Morgan fingerprint density at radius 2 is 2.20 bits per heavy atom. The van der Waals surface area contributed by atoms with Gasteiger partial charge in [0.1, 0.15) is 17.9 Å². The molecule has 25 heavy (non-hydrogen) atoms. The van der Waals surface area contributed by atoms with Gasteiger partial charge in [-0.15, -0.1) is 0 Å². The molecule has 2 atom stereocenters. The summed E-state index contributed by atoms with van der Waals surface area (Å²) in [6.07, 6.45) is 4.30. The molecule has 138 valence electrons. The standard InChI is InChI=1S/C17H26N4O4/c1-3-6-20-17(23)21-12-14(25-13-5-4-7-18-11-13)10-15(21)16(22)19-8-9-24-2/h4-5,7,11,14-15H,3,6,8-10,12H2,1-2H3,(H,19,22)(H,20,23)/t14-,15+/m0/s1. The molecule has 0 unspecified atom stereocenters. The number of hydrogen-bond acceptors (Lipinski definition) is 5. The van der Waals surface area contributed by atoms with Crippen molar-refractivity contribution in [3.05, 3.63) is 24.5 Å². The summed E-state index contributed by atoms with van der Waals surface area (Å²) in [5.41, 5.74) is 0. The smallest absolute Gasteiger partial charge is 0.318 e. The summed E-state index contributed by atoms with van der Waals surface area (Å²) in [6.45, 7) is 3.74. The molecule has 8 heteroatoms. The molecule has 1 aliphatic heterocycles. The van der Waals surface area contributed by atoms with E-state index in [1.807, 2.05) is 6.92 Å². The van der Waals surface area contributed by atoms with Gasteiger partial charge in [0, 0.05) is 32.8 Å². The average Bonchev–Trinajstić information content (AvgIpc) is 3.04. The Labute approximate surface area is 147 Å². The Balaban J connectivity index is 2.01. The van der Waals surface area contributed by atoms with E-state index in [0.717, 1.165) is 6.42 Å². The molecule has 8 nitrogen and oxygen atoms in total. The topological polar surface area (TPSA) is 92.8 Å². The van der Waals surface area contributed by atoms with Crippen molar-refractivity contribution in [3.8, 4) is 5.75 Å². The summed E-state index contributed by atoms with van der Waals surface area (Å²) >= 11 is 0. The van der Waals surface area contributed by atoms with Gasteiger partial charge in [0.25, 0.3) is 0 Å². The number of aromatic nitrogens is 1. The minimum atomic E-state index is -0.560. The van der Waals surface area contributed by atoms with E-state index in [1.54, 1.807) is 36.5 Å². The van der Waals surface area contributed by atoms with Crippen molar-refractivity contribution >= 4 is 11.9 Å². The van der Waals surface area contributed by atoms with E-state index in [2.05, 4.69) is 15.6 Å². The van der Waals surface area contributed by atoms with E-state index >= 15 is 0 Å². The zero-order valence-electron chi connectivity index (χ0n) is 14.7. The summed E-state index contributed by atoms with van der Waals surface area (Å²) in [5.74, 6) is 0.433. The number of urea groups is 1. The van der Waals surface area contributed by atoms with Crippen LogP contribution in [0.5, 0.6) is 5.75 Å². The lowest BCUT2D eigenvalue weighted by Gasteiger charge is -2.23. The predicted molar refractivity (Wildman–Crippen MR) is 92.3 cm³/mol. The van der Waals surface area contributed by atoms with Crippen molar-refractivity contribution in [2.45, 2.75) is 31.9 Å². The highest BCUT2D eigenvalue weighted by Gasteiger charge is 2.40. The average molecular weight is 350 g/mol. The maximum Gasteiger partial charge on any atom is 0.318 e. The normalized spacial score (nSPS) is 19.5. The molecule has 1 aromatic rings. The van der Waals surface area contributed by atoms with Crippen LogP contribution in [0.25, 0.3) is 0 Å². The third kappa shape index (κ3) is 5.60. The Kier molecular flexibility index (Phi) is 7.46. The molecular weight excluding hydrogens is 324 g/mol. The van der Waals surface area contributed by atoms with Crippen molar-refractivity contribution in [2.75, 3.05) is 33.4 Å². The van der Waals surface area contributed by atoms with Crippen LogP contribution in [0.3, 0.4) is 0 Å². The quantitative estimate of drug-likeness (QED) is 0.676. The molecule has 0 spiro atoms. The highest BCUT2D eigenvalue weighted by Crippen LogP contribution is 2.23. The maximum atomic E-state index is 12.5. The van der Waals surface area contributed by atoms with E-state index in [4.69, 9.17) is 9.47 Å². The lowest BCUT2D eigenvalue weighted by Crippen LogP contribution is -2.50. The van der Waals surface area contributed by atoms with Crippen LogP contribution < -0.4 is 15.4 Å². The molecule has 0 radical (unpaired) electrons. The zero-order chi connectivity index (χ0) is 18.1. The second-order valence-electron chi connectivity index (χ2n) is 5.85. The monoisotopic (exact) mass is 350 g/mol. The number of methoxy groups -OCH3 is 1. The van der Waals surface area contributed by atoms with E-state index in [-0.39, 0.29) is 18.0 Å². The van der Waals surface area contributed by atoms with Crippen molar-refractivity contribution in [3.63, 3.8) is 0 Å². The summed E-state index contributed by atoms with van der Waals surface area (Å²) in [5, 5.41) is 5.62. The van der Waals surface area contributed by atoms with E-state index in [1.165, 1.54) is 0 Å². The van der Waals surface area contributed by atoms with Gasteiger partial charge in [0.15, 0.2) is 0 Å². The van der Waals surface area contributed by atoms with Gasteiger partial charge < -0.3 is 25.0 Å². The summed E-state index contributed by atoms with van der Waals surface area (Å²) in [7, 11) is 1.57. The van der Waals surface area contributed by atoms with Crippen LogP contribution in [0.4, 0.5) is 4.79 Å². The first-order chi connectivity index (χ1) is 12.2. The maximum absolute atomic E-state index is 12.5. The molecule has 2 rings (SSSR count). The third-order valence-corrected chi connectivity index (χ3v) is 3.90. The summed E-state index contributed by atoms with van der Waals surface area (Å²) < 4.78 is 10.8. The van der Waals surface area contributed by atoms with Crippen LogP contribution in [0.1, 0.15) is 19.8 Å². The van der Waals surface area contributed by atoms with Crippen molar-refractivity contribution in [1.82, 2.24) is 20.5 Å². The van der Waals surface area contributed by atoms with Crippen LogP contribution in [0.2, 0.25) is 0 Å². The molecule has 0 saturated carbocycles. The van der Waals surface area contributed by atoms with Crippen LogP contribution in [-0.4, -0.2) is 67.3 Å². The number of carbonyl (C=O) groups excluding carboxylic acids is 2. The molecule has 1 aromatic heterocycles. The number of ether oxygens (including phenoxy) is 2.